The number of fused-ring (bicyclic) bond motifs is 3. The Morgan fingerprint density at radius 2 is 1.97 bits per heavy atom. The summed E-state index contributed by atoms with van der Waals surface area (Å²) in [6, 6.07) is 8.21. The summed E-state index contributed by atoms with van der Waals surface area (Å²) in [4.78, 5) is 23.8. The van der Waals surface area contributed by atoms with Gasteiger partial charge in [-0.15, -0.1) is 10.2 Å². The van der Waals surface area contributed by atoms with Crippen molar-refractivity contribution < 1.29 is 9.50 Å². The lowest BCUT2D eigenvalue weighted by Crippen LogP contribution is -2.64. The summed E-state index contributed by atoms with van der Waals surface area (Å²) in [6.45, 7) is 0.892. The molecule has 2 aliphatic heterocycles. The molecule has 2 bridgehead atoms. The number of phenolic OH excluding ortho intramolecular Hbond substituents is 1. The lowest BCUT2D eigenvalue weighted by molar-refractivity contribution is -0.0177. The summed E-state index contributed by atoms with van der Waals surface area (Å²) in [6.07, 6.45) is 2.37. The Labute approximate surface area is 190 Å². The van der Waals surface area contributed by atoms with Crippen molar-refractivity contribution in [1.82, 2.24) is 29.6 Å². The lowest BCUT2D eigenvalue weighted by Gasteiger charge is -2.52. The number of rotatable bonds is 4. The van der Waals surface area contributed by atoms with Gasteiger partial charge in [-0.3, -0.25) is 4.57 Å². The zero-order valence-electron chi connectivity index (χ0n) is 18.8. The fraction of sp³-hybridized carbons (Fsp3) is 0.435. The van der Waals surface area contributed by atoms with E-state index >= 15 is 4.39 Å². The first-order chi connectivity index (χ1) is 15.8. The molecule has 10 heteroatoms. The summed E-state index contributed by atoms with van der Waals surface area (Å²) < 4.78 is 16.4. The van der Waals surface area contributed by atoms with E-state index in [0.29, 0.717) is 22.6 Å². The zero-order chi connectivity index (χ0) is 23.3. The Kier molecular flexibility index (Phi) is 5.32. The first kappa shape index (κ1) is 21.4. The molecule has 3 aliphatic rings. The van der Waals surface area contributed by atoms with Crippen LogP contribution in [0.5, 0.6) is 5.75 Å². The number of hydrogen-bond acceptors (Lipinski definition) is 8. The van der Waals surface area contributed by atoms with Crippen LogP contribution in [0.2, 0.25) is 0 Å². The van der Waals surface area contributed by atoms with Gasteiger partial charge in [0.1, 0.15) is 18.2 Å². The van der Waals surface area contributed by atoms with Gasteiger partial charge in [0.25, 0.3) is 0 Å². The van der Waals surface area contributed by atoms with E-state index in [-0.39, 0.29) is 29.6 Å². The SMILES string of the molecule is CN1C[C@H]2CCC1C(F)C2N(C)c1ccc(-c2ccc(-c3ncn(C)c(=O)n3)cc2O)nn1. The molecule has 6 rings (SSSR count). The summed E-state index contributed by atoms with van der Waals surface area (Å²) in [5, 5.41) is 19.2. The molecule has 2 aromatic heterocycles. The number of aromatic hydroxyl groups is 1. The van der Waals surface area contributed by atoms with E-state index in [4.69, 9.17) is 0 Å². The van der Waals surface area contributed by atoms with Crippen LogP contribution in [0.1, 0.15) is 12.8 Å². The maximum Gasteiger partial charge on any atom is 0.350 e. The monoisotopic (exact) mass is 451 g/mol. The van der Waals surface area contributed by atoms with E-state index in [1.54, 1.807) is 31.3 Å². The molecule has 3 fully saturated rings. The van der Waals surface area contributed by atoms with Crippen LogP contribution in [-0.2, 0) is 7.05 Å². The van der Waals surface area contributed by atoms with E-state index < -0.39 is 11.9 Å². The average molecular weight is 452 g/mol. The van der Waals surface area contributed by atoms with Gasteiger partial charge in [0, 0.05) is 37.8 Å². The third-order valence-corrected chi connectivity index (χ3v) is 6.95. The largest absolute Gasteiger partial charge is 0.507 e. The Morgan fingerprint density at radius 1 is 1.15 bits per heavy atom. The van der Waals surface area contributed by atoms with Gasteiger partial charge < -0.3 is 14.9 Å². The van der Waals surface area contributed by atoms with E-state index in [2.05, 4.69) is 25.1 Å². The highest BCUT2D eigenvalue weighted by Gasteiger charge is 2.48. The number of nitrogens with zero attached hydrogens (tertiary/aromatic N) is 7. The van der Waals surface area contributed by atoms with Crippen molar-refractivity contribution >= 4 is 5.82 Å². The summed E-state index contributed by atoms with van der Waals surface area (Å²) in [7, 11) is 5.44. The van der Waals surface area contributed by atoms with Crippen molar-refractivity contribution in [2.75, 3.05) is 25.5 Å². The minimum absolute atomic E-state index is 0.0244. The van der Waals surface area contributed by atoms with Crippen molar-refractivity contribution in [2.45, 2.75) is 31.1 Å². The normalized spacial score (nSPS) is 24.7. The molecule has 9 nitrogen and oxygen atoms in total. The summed E-state index contributed by atoms with van der Waals surface area (Å²) in [5.41, 5.74) is 1.07. The van der Waals surface area contributed by atoms with Crippen LogP contribution in [0.15, 0.2) is 41.5 Å². The lowest BCUT2D eigenvalue weighted by atomic mass is 9.74. The average Bonchev–Trinajstić information content (AvgIpc) is 2.81. The van der Waals surface area contributed by atoms with Crippen LogP contribution < -0.4 is 10.6 Å². The van der Waals surface area contributed by atoms with Gasteiger partial charge >= 0.3 is 5.69 Å². The van der Waals surface area contributed by atoms with Gasteiger partial charge in [0.15, 0.2) is 11.6 Å². The Balaban J connectivity index is 1.37. The molecule has 0 amide bonds. The predicted octanol–water partition coefficient (Wildman–Crippen LogP) is 1.87. The van der Waals surface area contributed by atoms with Gasteiger partial charge in [-0.25, -0.2) is 14.2 Å². The Morgan fingerprint density at radius 3 is 2.61 bits per heavy atom. The standard InChI is InChI=1S/C23H26FN7O2/c1-29-11-14-5-8-17(29)20(24)21(14)31(3)19-9-7-16(27-28-19)15-6-4-13(10-18(15)32)22-25-12-30(2)23(33)26-22/h4,6-7,9-10,12,14,17,20-21,32H,5,8,11H2,1-3H3/t14-,17?,20?,21?/m1/s1. The first-order valence-electron chi connectivity index (χ1n) is 11.0. The molecule has 0 radical (unpaired) electrons. The highest BCUT2D eigenvalue weighted by Crippen LogP contribution is 2.40. The number of aryl methyl sites for hydroxylation is 1. The van der Waals surface area contributed by atoms with E-state index in [1.165, 1.54) is 17.0 Å². The number of benzene rings is 1. The first-order valence-corrected chi connectivity index (χ1v) is 11.0. The maximum atomic E-state index is 15.2. The van der Waals surface area contributed by atoms with Crippen LogP contribution in [-0.4, -0.2) is 73.6 Å². The molecule has 3 aromatic rings. The van der Waals surface area contributed by atoms with Gasteiger partial charge in [0.2, 0.25) is 0 Å². The van der Waals surface area contributed by atoms with Gasteiger partial charge in [-0.2, -0.15) is 4.98 Å². The molecule has 1 saturated carbocycles. The Bertz CT molecular complexity index is 1230. The second kappa shape index (κ2) is 8.18. The molecule has 0 spiro atoms. The van der Waals surface area contributed by atoms with E-state index in [9.17, 15) is 9.90 Å². The number of anilines is 1. The highest BCUT2D eigenvalue weighted by atomic mass is 19.1. The topological polar surface area (TPSA) is 100 Å². The molecule has 1 aliphatic carbocycles. The van der Waals surface area contributed by atoms with Crippen molar-refractivity contribution in [2.24, 2.45) is 13.0 Å². The number of piperidine rings is 2. The van der Waals surface area contributed by atoms with E-state index in [0.717, 1.165) is 19.4 Å². The number of alkyl halides is 1. The second-order valence-electron chi connectivity index (χ2n) is 8.97. The van der Waals surface area contributed by atoms with Crippen LogP contribution in [0.3, 0.4) is 0 Å². The number of halogens is 1. The van der Waals surface area contributed by atoms with Crippen LogP contribution in [0, 0.1) is 5.92 Å². The fourth-order valence-electron chi connectivity index (χ4n) is 5.13. The molecule has 4 atom stereocenters. The third-order valence-electron chi connectivity index (χ3n) is 6.95. The molecule has 172 valence electrons. The van der Waals surface area contributed by atoms with Crippen molar-refractivity contribution in [3.63, 3.8) is 0 Å². The molecule has 33 heavy (non-hydrogen) atoms. The van der Waals surface area contributed by atoms with Crippen LogP contribution in [0.4, 0.5) is 10.2 Å². The summed E-state index contributed by atoms with van der Waals surface area (Å²) >= 11 is 0. The number of hydrogen-bond donors (Lipinski definition) is 1. The predicted molar refractivity (Wildman–Crippen MR) is 122 cm³/mol. The third kappa shape index (κ3) is 3.74. The highest BCUT2D eigenvalue weighted by molar-refractivity contribution is 5.72. The second-order valence-corrected chi connectivity index (χ2v) is 8.97. The maximum absolute atomic E-state index is 15.2. The number of aromatic nitrogens is 5. The quantitative estimate of drug-likeness (QED) is 0.642. The molecule has 3 unspecified atom stereocenters. The minimum atomic E-state index is -0.928. The number of phenols is 1. The van der Waals surface area contributed by atoms with Crippen LogP contribution >= 0.6 is 0 Å². The molecular formula is C23H26FN7O2. The van der Waals surface area contributed by atoms with Gasteiger partial charge in [-0.05, 0) is 50.1 Å². The Hall–Kier alpha value is -3.40. The zero-order valence-corrected chi connectivity index (χ0v) is 18.8. The molecular weight excluding hydrogens is 425 g/mol. The summed E-state index contributed by atoms with van der Waals surface area (Å²) in [5.74, 6) is 1.07. The van der Waals surface area contributed by atoms with Gasteiger partial charge in [0.05, 0.1) is 11.7 Å². The smallest absolute Gasteiger partial charge is 0.350 e. The van der Waals surface area contributed by atoms with Crippen molar-refractivity contribution in [1.29, 1.82) is 0 Å². The van der Waals surface area contributed by atoms with E-state index in [1.807, 2.05) is 19.0 Å². The molecule has 4 heterocycles. The van der Waals surface area contributed by atoms with Gasteiger partial charge in [-0.1, -0.05) is 6.07 Å². The van der Waals surface area contributed by atoms with Crippen LogP contribution in [0.25, 0.3) is 22.6 Å². The minimum Gasteiger partial charge on any atom is -0.507 e. The van der Waals surface area contributed by atoms with Crippen molar-refractivity contribution in [3.05, 3.63) is 47.1 Å². The molecule has 2 saturated heterocycles. The molecule has 1 N–H and O–H groups in total. The molecule has 1 aromatic carbocycles. The van der Waals surface area contributed by atoms with Crippen molar-refractivity contribution in [3.8, 4) is 28.4 Å². The fourth-order valence-corrected chi connectivity index (χ4v) is 5.13.